The van der Waals surface area contributed by atoms with Crippen LogP contribution in [-0.2, 0) is 11.2 Å². The van der Waals surface area contributed by atoms with Crippen molar-refractivity contribution in [2.24, 2.45) is 5.73 Å². The minimum Gasteiger partial charge on any atom is -0.393 e. The number of benzene rings is 1. The van der Waals surface area contributed by atoms with Crippen LogP contribution in [0.4, 0.5) is 5.69 Å². The van der Waals surface area contributed by atoms with Gasteiger partial charge in [0.2, 0.25) is 5.91 Å². The molecule has 1 aromatic carbocycles. The molecule has 1 unspecified atom stereocenters. The maximum atomic E-state index is 12.2. The number of para-hydroxylation sites is 1. The summed E-state index contributed by atoms with van der Waals surface area (Å²) >= 11 is 4.88. The number of fused-ring (bicyclic) bond motifs is 1. The zero-order valence-corrected chi connectivity index (χ0v) is 11.9. The lowest BCUT2D eigenvalue weighted by molar-refractivity contribution is -0.120. The van der Waals surface area contributed by atoms with Gasteiger partial charge in [0, 0.05) is 18.7 Å². The highest BCUT2D eigenvalue weighted by Crippen LogP contribution is 2.23. The molecule has 1 aliphatic heterocycles. The standard InChI is InChI=1S/C14H19N3OS/c1-17(9-8-13(15)19)12-7-6-10-4-2-3-5-11(10)16-14(12)18/h2-5,12H,6-9H2,1H3,(H2,15,19)(H,16,18). The molecule has 1 aliphatic rings. The highest BCUT2D eigenvalue weighted by atomic mass is 32.1. The fourth-order valence-electron chi connectivity index (χ4n) is 2.36. The summed E-state index contributed by atoms with van der Waals surface area (Å²) in [4.78, 5) is 14.8. The molecular weight excluding hydrogens is 258 g/mol. The topological polar surface area (TPSA) is 58.4 Å². The van der Waals surface area contributed by atoms with Crippen molar-refractivity contribution in [3.63, 3.8) is 0 Å². The normalized spacial score (nSPS) is 18.6. The van der Waals surface area contributed by atoms with E-state index in [1.165, 1.54) is 5.56 Å². The average Bonchev–Trinajstić information content (AvgIpc) is 2.54. The molecule has 0 aromatic heterocycles. The minimum atomic E-state index is -0.123. The summed E-state index contributed by atoms with van der Waals surface area (Å²) < 4.78 is 0. The Morgan fingerprint density at radius 3 is 3.00 bits per heavy atom. The molecule has 1 heterocycles. The number of hydrogen-bond acceptors (Lipinski definition) is 3. The third-order valence-electron chi connectivity index (χ3n) is 3.51. The number of aryl methyl sites for hydroxylation is 1. The van der Waals surface area contributed by atoms with Crippen LogP contribution in [0.25, 0.3) is 0 Å². The third-order valence-corrected chi connectivity index (χ3v) is 3.71. The number of carbonyl (C=O) groups is 1. The Balaban J connectivity index is 2.05. The second kappa shape index (κ2) is 6.12. The van der Waals surface area contributed by atoms with Crippen LogP contribution in [0.5, 0.6) is 0 Å². The van der Waals surface area contributed by atoms with Gasteiger partial charge in [-0.15, -0.1) is 0 Å². The quantitative estimate of drug-likeness (QED) is 0.820. The van der Waals surface area contributed by atoms with Crippen LogP contribution in [0.15, 0.2) is 24.3 Å². The summed E-state index contributed by atoms with van der Waals surface area (Å²) in [6, 6.07) is 7.83. The monoisotopic (exact) mass is 277 g/mol. The number of likely N-dealkylation sites (N-methyl/N-ethyl adjacent to an activating group) is 1. The van der Waals surface area contributed by atoms with E-state index in [0.29, 0.717) is 18.0 Å². The van der Waals surface area contributed by atoms with Crippen molar-refractivity contribution >= 4 is 28.8 Å². The summed E-state index contributed by atoms with van der Waals surface area (Å²) in [5.74, 6) is 0.0513. The van der Waals surface area contributed by atoms with Crippen molar-refractivity contribution in [1.29, 1.82) is 0 Å². The molecule has 19 heavy (non-hydrogen) atoms. The molecule has 102 valence electrons. The van der Waals surface area contributed by atoms with Crippen molar-refractivity contribution in [3.05, 3.63) is 29.8 Å². The number of thiocarbonyl (C=S) groups is 1. The first-order valence-corrected chi connectivity index (χ1v) is 6.86. The second-order valence-electron chi connectivity index (χ2n) is 4.90. The maximum Gasteiger partial charge on any atom is 0.241 e. The number of carbonyl (C=O) groups excluding carboxylic acids is 1. The number of anilines is 1. The van der Waals surface area contributed by atoms with Crippen LogP contribution in [0.2, 0.25) is 0 Å². The lowest BCUT2D eigenvalue weighted by Gasteiger charge is -2.25. The van der Waals surface area contributed by atoms with E-state index in [1.807, 2.05) is 30.1 Å². The molecule has 5 heteroatoms. The Labute approximate surface area is 119 Å². The molecule has 1 aromatic rings. The van der Waals surface area contributed by atoms with Crippen molar-refractivity contribution < 1.29 is 4.79 Å². The Morgan fingerprint density at radius 2 is 2.26 bits per heavy atom. The zero-order chi connectivity index (χ0) is 13.8. The fourth-order valence-corrected chi connectivity index (χ4v) is 2.45. The van der Waals surface area contributed by atoms with Gasteiger partial charge in [0.25, 0.3) is 0 Å². The highest BCUT2D eigenvalue weighted by molar-refractivity contribution is 7.80. The zero-order valence-electron chi connectivity index (χ0n) is 11.1. The van der Waals surface area contributed by atoms with Crippen LogP contribution >= 0.6 is 12.2 Å². The first kappa shape index (κ1) is 14.0. The molecule has 0 radical (unpaired) electrons. The lowest BCUT2D eigenvalue weighted by atomic mass is 10.1. The van der Waals surface area contributed by atoms with Crippen molar-refractivity contribution in [3.8, 4) is 0 Å². The second-order valence-corrected chi connectivity index (χ2v) is 5.42. The van der Waals surface area contributed by atoms with Crippen LogP contribution in [0.1, 0.15) is 18.4 Å². The van der Waals surface area contributed by atoms with E-state index in [0.717, 1.165) is 18.5 Å². The van der Waals surface area contributed by atoms with Gasteiger partial charge < -0.3 is 11.1 Å². The highest BCUT2D eigenvalue weighted by Gasteiger charge is 2.26. The van der Waals surface area contributed by atoms with E-state index in [1.54, 1.807) is 0 Å². The summed E-state index contributed by atoms with van der Waals surface area (Å²) in [6.45, 7) is 0.712. The SMILES string of the molecule is CN(CCC(N)=S)C1CCc2ccccc2NC1=O. The molecule has 0 fully saturated rings. The Bertz CT molecular complexity index is 489. The number of nitrogens with two attached hydrogens (primary N) is 1. The Kier molecular flexibility index (Phi) is 4.50. The van der Waals surface area contributed by atoms with Gasteiger partial charge in [0.05, 0.1) is 11.0 Å². The molecule has 0 aliphatic carbocycles. The predicted molar refractivity (Wildman–Crippen MR) is 81.2 cm³/mol. The fraction of sp³-hybridized carbons (Fsp3) is 0.429. The summed E-state index contributed by atoms with van der Waals surface area (Å²) in [5, 5.41) is 3.00. The smallest absolute Gasteiger partial charge is 0.241 e. The maximum absolute atomic E-state index is 12.2. The number of amides is 1. The Morgan fingerprint density at radius 1 is 1.53 bits per heavy atom. The van der Waals surface area contributed by atoms with Gasteiger partial charge in [0.1, 0.15) is 0 Å². The van der Waals surface area contributed by atoms with Crippen LogP contribution in [-0.4, -0.2) is 35.4 Å². The van der Waals surface area contributed by atoms with E-state index in [2.05, 4.69) is 11.4 Å². The van der Waals surface area contributed by atoms with Gasteiger partial charge >= 0.3 is 0 Å². The van der Waals surface area contributed by atoms with Crippen LogP contribution in [0.3, 0.4) is 0 Å². The van der Waals surface area contributed by atoms with E-state index in [-0.39, 0.29) is 11.9 Å². The van der Waals surface area contributed by atoms with Crippen molar-refractivity contribution in [2.75, 3.05) is 18.9 Å². The third kappa shape index (κ3) is 3.52. The van der Waals surface area contributed by atoms with Crippen molar-refractivity contribution in [2.45, 2.75) is 25.3 Å². The molecule has 0 spiro atoms. The van der Waals surface area contributed by atoms with Gasteiger partial charge in [-0.25, -0.2) is 0 Å². The molecule has 1 amide bonds. The van der Waals surface area contributed by atoms with E-state index in [4.69, 9.17) is 18.0 Å². The first-order valence-electron chi connectivity index (χ1n) is 6.45. The number of nitrogens with one attached hydrogen (secondary N) is 1. The Hall–Kier alpha value is -1.46. The van der Waals surface area contributed by atoms with Gasteiger partial charge in [-0.3, -0.25) is 9.69 Å². The summed E-state index contributed by atoms with van der Waals surface area (Å²) in [6.07, 6.45) is 2.36. The summed E-state index contributed by atoms with van der Waals surface area (Å²) in [7, 11) is 1.94. The summed E-state index contributed by atoms with van der Waals surface area (Å²) in [5.41, 5.74) is 7.63. The van der Waals surface area contributed by atoms with Gasteiger partial charge in [-0.05, 0) is 31.5 Å². The molecule has 2 rings (SSSR count). The number of rotatable bonds is 4. The molecule has 4 nitrogen and oxygen atoms in total. The van der Waals surface area contributed by atoms with Gasteiger partial charge in [0.15, 0.2) is 0 Å². The van der Waals surface area contributed by atoms with Crippen LogP contribution in [0, 0.1) is 0 Å². The number of nitrogens with zero attached hydrogens (tertiary/aromatic N) is 1. The molecular formula is C14H19N3OS. The van der Waals surface area contributed by atoms with E-state index < -0.39 is 0 Å². The minimum absolute atomic E-state index is 0.0513. The molecule has 1 atom stereocenters. The molecule has 3 N–H and O–H groups in total. The molecule has 0 bridgehead atoms. The molecule has 0 saturated heterocycles. The van der Waals surface area contributed by atoms with Gasteiger partial charge in [-0.1, -0.05) is 30.4 Å². The van der Waals surface area contributed by atoms with Crippen LogP contribution < -0.4 is 11.1 Å². The number of hydrogen-bond donors (Lipinski definition) is 2. The van der Waals surface area contributed by atoms with E-state index >= 15 is 0 Å². The van der Waals surface area contributed by atoms with Crippen molar-refractivity contribution in [1.82, 2.24) is 4.90 Å². The first-order chi connectivity index (χ1) is 9.08. The predicted octanol–water partition coefficient (Wildman–Crippen LogP) is 1.55. The largest absolute Gasteiger partial charge is 0.393 e. The van der Waals surface area contributed by atoms with Gasteiger partial charge in [-0.2, -0.15) is 0 Å². The van der Waals surface area contributed by atoms with E-state index in [9.17, 15) is 4.79 Å². The average molecular weight is 277 g/mol. The lowest BCUT2D eigenvalue weighted by Crippen LogP contribution is -2.42. The molecule has 0 saturated carbocycles.